The lowest BCUT2D eigenvalue weighted by Gasteiger charge is -2.17. The van der Waals surface area contributed by atoms with Gasteiger partial charge in [-0.2, -0.15) is 0 Å². The van der Waals surface area contributed by atoms with Gasteiger partial charge in [0.1, 0.15) is 0 Å². The van der Waals surface area contributed by atoms with Gasteiger partial charge in [-0.25, -0.2) is 0 Å². The monoisotopic (exact) mass is 245 g/mol. The average molecular weight is 245 g/mol. The van der Waals surface area contributed by atoms with E-state index in [0.717, 1.165) is 0 Å². The molecule has 6 heteroatoms. The Balaban J connectivity index is 2.24. The van der Waals surface area contributed by atoms with Gasteiger partial charge in [0.2, 0.25) is 0 Å². The molecule has 1 aliphatic rings. The van der Waals surface area contributed by atoms with E-state index in [4.69, 9.17) is 5.73 Å². The van der Waals surface area contributed by atoms with Crippen LogP contribution in [-0.2, 0) is 0 Å². The van der Waals surface area contributed by atoms with Gasteiger partial charge in [0, 0.05) is 0 Å². The number of ether oxygens (including phenoxy) is 2. The molecule has 0 bridgehead atoms. The molecule has 94 valence electrons. The van der Waals surface area contributed by atoms with Crippen LogP contribution in [0.2, 0.25) is 0 Å². The number of nitrogens with two attached hydrogens (primary N) is 1. The van der Waals surface area contributed by atoms with Crippen LogP contribution in [0.5, 0.6) is 11.5 Å². The molecule has 17 heavy (non-hydrogen) atoms. The minimum absolute atomic E-state index is 0.0306. The van der Waals surface area contributed by atoms with Crippen molar-refractivity contribution in [3.63, 3.8) is 0 Å². The summed E-state index contributed by atoms with van der Waals surface area (Å²) in [5.74, 6) is -0.0943. The molecule has 0 radical (unpaired) electrons. The van der Waals surface area contributed by atoms with Crippen molar-refractivity contribution in [1.82, 2.24) is 0 Å². The molecule has 1 heterocycles. The number of rotatable bonds is 3. The highest BCUT2D eigenvalue weighted by Crippen LogP contribution is 2.42. The highest BCUT2D eigenvalue weighted by Gasteiger charge is 2.43. The fourth-order valence-corrected chi connectivity index (χ4v) is 1.65. The molecule has 1 aromatic rings. The van der Waals surface area contributed by atoms with Crippen molar-refractivity contribution in [1.29, 1.82) is 0 Å². The summed E-state index contributed by atoms with van der Waals surface area (Å²) in [6, 6.07) is 3.61. The quantitative estimate of drug-likeness (QED) is 0.852. The van der Waals surface area contributed by atoms with Gasteiger partial charge < -0.3 is 20.3 Å². The zero-order valence-electron chi connectivity index (χ0n) is 9.19. The van der Waals surface area contributed by atoms with E-state index in [1.54, 1.807) is 6.92 Å². The van der Waals surface area contributed by atoms with Crippen molar-refractivity contribution < 1.29 is 23.4 Å². The largest absolute Gasteiger partial charge is 0.586 e. The molecule has 0 saturated heterocycles. The van der Waals surface area contributed by atoms with Gasteiger partial charge in [0.25, 0.3) is 0 Å². The standard InChI is InChI=1S/C11H13F2NO3/c1-2-7(15)10(14)6-3-4-8-9(5-6)17-11(12,13)16-8/h3-5,7,10,15H,2,14H2,1H3/t7-,10+/m0/s1. The van der Waals surface area contributed by atoms with Crippen molar-refractivity contribution in [2.24, 2.45) is 5.73 Å². The lowest BCUT2D eigenvalue weighted by atomic mass is 10.0. The second kappa shape index (κ2) is 4.12. The number of hydrogen-bond acceptors (Lipinski definition) is 4. The Labute approximate surface area is 96.9 Å². The summed E-state index contributed by atoms with van der Waals surface area (Å²) in [5, 5.41) is 9.59. The van der Waals surface area contributed by atoms with Crippen LogP contribution in [0.1, 0.15) is 24.9 Å². The zero-order valence-corrected chi connectivity index (χ0v) is 9.19. The Morgan fingerprint density at radius 3 is 2.65 bits per heavy atom. The summed E-state index contributed by atoms with van der Waals surface area (Å²) >= 11 is 0. The van der Waals surface area contributed by atoms with E-state index in [-0.39, 0.29) is 11.5 Å². The van der Waals surface area contributed by atoms with Gasteiger partial charge in [-0.3, -0.25) is 0 Å². The van der Waals surface area contributed by atoms with E-state index in [2.05, 4.69) is 9.47 Å². The third-order valence-electron chi connectivity index (χ3n) is 2.64. The molecule has 2 atom stereocenters. The van der Waals surface area contributed by atoms with E-state index in [1.165, 1.54) is 18.2 Å². The predicted octanol–water partition coefficient (Wildman–Crippen LogP) is 1.78. The second-order valence-electron chi connectivity index (χ2n) is 3.88. The summed E-state index contributed by atoms with van der Waals surface area (Å²) in [7, 11) is 0. The van der Waals surface area contributed by atoms with Gasteiger partial charge in [-0.15, -0.1) is 8.78 Å². The Morgan fingerprint density at radius 1 is 1.35 bits per heavy atom. The SMILES string of the molecule is CC[C@H](O)[C@H](N)c1ccc2c(c1)OC(F)(F)O2. The van der Waals surface area contributed by atoms with Crippen LogP contribution in [0.15, 0.2) is 18.2 Å². The Hall–Kier alpha value is -1.40. The summed E-state index contributed by atoms with van der Waals surface area (Å²) < 4.78 is 34.1. The van der Waals surface area contributed by atoms with Gasteiger partial charge in [0.05, 0.1) is 12.1 Å². The number of hydrogen-bond donors (Lipinski definition) is 2. The van der Waals surface area contributed by atoms with Gasteiger partial charge in [-0.05, 0) is 24.1 Å². The number of aliphatic hydroxyl groups excluding tert-OH is 1. The fraction of sp³-hybridized carbons (Fsp3) is 0.455. The van der Waals surface area contributed by atoms with E-state index in [1.807, 2.05) is 0 Å². The number of aliphatic hydroxyl groups is 1. The van der Waals surface area contributed by atoms with E-state index >= 15 is 0 Å². The number of alkyl halides is 2. The van der Waals surface area contributed by atoms with Gasteiger partial charge in [-0.1, -0.05) is 13.0 Å². The van der Waals surface area contributed by atoms with Crippen LogP contribution in [0.3, 0.4) is 0 Å². The lowest BCUT2D eigenvalue weighted by Crippen LogP contribution is -2.26. The zero-order chi connectivity index (χ0) is 12.6. The Kier molecular flexibility index (Phi) is 2.92. The number of halogens is 2. The minimum Gasteiger partial charge on any atom is -0.395 e. The molecule has 0 fully saturated rings. The molecular weight excluding hydrogens is 232 g/mol. The molecule has 0 unspecified atom stereocenters. The fourth-order valence-electron chi connectivity index (χ4n) is 1.65. The molecule has 0 aromatic heterocycles. The topological polar surface area (TPSA) is 64.7 Å². The molecule has 0 amide bonds. The van der Waals surface area contributed by atoms with E-state index in [9.17, 15) is 13.9 Å². The van der Waals surface area contributed by atoms with Crippen molar-refractivity contribution in [3.8, 4) is 11.5 Å². The van der Waals surface area contributed by atoms with Crippen LogP contribution in [0.25, 0.3) is 0 Å². The van der Waals surface area contributed by atoms with Crippen LogP contribution in [-0.4, -0.2) is 17.5 Å². The molecule has 2 rings (SSSR count). The Morgan fingerprint density at radius 2 is 2.00 bits per heavy atom. The molecule has 4 nitrogen and oxygen atoms in total. The summed E-state index contributed by atoms with van der Waals surface area (Å²) in [5.41, 5.74) is 6.30. The number of fused-ring (bicyclic) bond motifs is 1. The maximum Gasteiger partial charge on any atom is 0.586 e. The molecular formula is C11H13F2NO3. The third kappa shape index (κ3) is 2.32. The third-order valence-corrected chi connectivity index (χ3v) is 2.64. The summed E-state index contributed by atoms with van der Waals surface area (Å²) in [4.78, 5) is 0. The second-order valence-corrected chi connectivity index (χ2v) is 3.88. The average Bonchev–Trinajstić information content (AvgIpc) is 2.59. The van der Waals surface area contributed by atoms with E-state index < -0.39 is 18.4 Å². The minimum atomic E-state index is -3.63. The van der Waals surface area contributed by atoms with Crippen LogP contribution < -0.4 is 15.2 Å². The molecule has 1 aromatic carbocycles. The van der Waals surface area contributed by atoms with Crippen LogP contribution >= 0.6 is 0 Å². The molecule has 1 aliphatic heterocycles. The normalized spacial score (nSPS) is 20.1. The van der Waals surface area contributed by atoms with Crippen molar-refractivity contribution in [3.05, 3.63) is 23.8 Å². The summed E-state index contributed by atoms with van der Waals surface area (Å²) in [6.07, 6.45) is -3.88. The first-order valence-corrected chi connectivity index (χ1v) is 5.26. The first kappa shape index (κ1) is 12.1. The lowest BCUT2D eigenvalue weighted by molar-refractivity contribution is -0.286. The Bertz CT molecular complexity index is 425. The molecule has 0 aliphatic carbocycles. The van der Waals surface area contributed by atoms with E-state index in [0.29, 0.717) is 12.0 Å². The van der Waals surface area contributed by atoms with Crippen LogP contribution in [0.4, 0.5) is 8.78 Å². The smallest absolute Gasteiger partial charge is 0.395 e. The van der Waals surface area contributed by atoms with Crippen molar-refractivity contribution in [2.75, 3.05) is 0 Å². The maximum atomic E-state index is 12.8. The van der Waals surface area contributed by atoms with Gasteiger partial charge >= 0.3 is 6.29 Å². The summed E-state index contributed by atoms with van der Waals surface area (Å²) in [6.45, 7) is 1.78. The molecule has 3 N–H and O–H groups in total. The van der Waals surface area contributed by atoms with Crippen molar-refractivity contribution >= 4 is 0 Å². The highest BCUT2D eigenvalue weighted by molar-refractivity contribution is 5.46. The first-order chi connectivity index (χ1) is 7.93. The molecule has 0 saturated carbocycles. The van der Waals surface area contributed by atoms with Gasteiger partial charge in [0.15, 0.2) is 11.5 Å². The van der Waals surface area contributed by atoms with Crippen molar-refractivity contribution in [2.45, 2.75) is 31.8 Å². The van der Waals surface area contributed by atoms with Crippen LogP contribution in [0, 0.1) is 0 Å². The first-order valence-electron chi connectivity index (χ1n) is 5.26. The number of benzene rings is 1. The maximum absolute atomic E-state index is 12.8. The predicted molar refractivity (Wildman–Crippen MR) is 55.9 cm³/mol. The highest BCUT2D eigenvalue weighted by atomic mass is 19.3. The molecule has 0 spiro atoms.